The molecule has 6 nitrogen and oxygen atoms in total. The summed E-state index contributed by atoms with van der Waals surface area (Å²) >= 11 is 0. The normalized spacial score (nSPS) is 10.2. The average Bonchev–Trinajstić information content (AvgIpc) is 2.85. The van der Waals surface area contributed by atoms with Crippen molar-refractivity contribution in [2.75, 3.05) is 5.32 Å². The summed E-state index contributed by atoms with van der Waals surface area (Å²) in [7, 11) is 0. The van der Waals surface area contributed by atoms with Crippen LogP contribution in [0.25, 0.3) is 0 Å². The lowest BCUT2D eigenvalue weighted by molar-refractivity contribution is -0.385. The largest absolute Gasteiger partial charge is 0.459 e. The minimum atomic E-state index is -0.475. The van der Waals surface area contributed by atoms with E-state index in [1.165, 1.54) is 18.4 Å². The number of nitro benzene ring substituents is 1. The number of aryl methyl sites for hydroxylation is 2. The summed E-state index contributed by atoms with van der Waals surface area (Å²) < 4.78 is 4.96. The van der Waals surface area contributed by atoms with Gasteiger partial charge < -0.3 is 9.73 Å². The van der Waals surface area contributed by atoms with Crippen LogP contribution in [-0.2, 0) is 0 Å². The first-order valence-corrected chi connectivity index (χ1v) is 5.59. The molecule has 98 valence electrons. The third kappa shape index (κ3) is 2.62. The van der Waals surface area contributed by atoms with Crippen molar-refractivity contribution < 1.29 is 14.1 Å². The van der Waals surface area contributed by atoms with E-state index in [1.807, 2.05) is 0 Å². The number of hydrogen-bond acceptors (Lipinski definition) is 4. The van der Waals surface area contributed by atoms with Crippen molar-refractivity contribution in [3.8, 4) is 0 Å². The van der Waals surface area contributed by atoms with Crippen LogP contribution in [0.3, 0.4) is 0 Å². The summed E-state index contributed by atoms with van der Waals surface area (Å²) in [6.07, 6.45) is 1.39. The number of hydrogen-bond donors (Lipinski definition) is 1. The summed E-state index contributed by atoms with van der Waals surface area (Å²) in [5.74, 6) is -0.283. The number of carbonyl (C=O) groups is 1. The summed E-state index contributed by atoms with van der Waals surface area (Å²) in [5.41, 5.74) is 1.68. The number of amides is 1. The van der Waals surface area contributed by atoms with Crippen molar-refractivity contribution in [2.24, 2.45) is 0 Å². The van der Waals surface area contributed by atoms with Crippen molar-refractivity contribution in [2.45, 2.75) is 13.8 Å². The van der Waals surface area contributed by atoms with Crippen molar-refractivity contribution in [1.29, 1.82) is 0 Å². The Labute approximate surface area is 109 Å². The van der Waals surface area contributed by atoms with Crippen molar-refractivity contribution in [1.82, 2.24) is 0 Å². The van der Waals surface area contributed by atoms with Crippen LogP contribution < -0.4 is 5.32 Å². The zero-order valence-corrected chi connectivity index (χ0v) is 10.5. The smallest absolute Gasteiger partial charge is 0.291 e. The number of furan rings is 1. The fraction of sp³-hybridized carbons (Fsp3) is 0.154. The molecule has 1 heterocycles. The minimum absolute atomic E-state index is 0.0275. The maximum atomic E-state index is 11.8. The highest BCUT2D eigenvalue weighted by molar-refractivity contribution is 6.02. The van der Waals surface area contributed by atoms with Crippen LogP contribution in [0.1, 0.15) is 21.7 Å². The fourth-order valence-corrected chi connectivity index (χ4v) is 1.76. The molecule has 0 radical (unpaired) electrons. The Morgan fingerprint density at radius 2 is 2.05 bits per heavy atom. The Hall–Kier alpha value is -2.63. The van der Waals surface area contributed by atoms with Crippen LogP contribution in [0.15, 0.2) is 34.9 Å². The maximum Gasteiger partial charge on any atom is 0.291 e. The Morgan fingerprint density at radius 1 is 1.32 bits per heavy atom. The minimum Gasteiger partial charge on any atom is -0.459 e. The lowest BCUT2D eigenvalue weighted by Gasteiger charge is -2.08. The molecule has 0 saturated carbocycles. The van der Waals surface area contributed by atoms with Crippen LogP contribution in [0, 0.1) is 24.0 Å². The van der Waals surface area contributed by atoms with Gasteiger partial charge in [0.25, 0.3) is 11.6 Å². The van der Waals surface area contributed by atoms with Gasteiger partial charge in [-0.15, -0.1) is 0 Å². The number of nitro groups is 1. The first-order valence-electron chi connectivity index (χ1n) is 5.59. The quantitative estimate of drug-likeness (QED) is 0.678. The van der Waals surface area contributed by atoms with Gasteiger partial charge >= 0.3 is 0 Å². The second-order valence-electron chi connectivity index (χ2n) is 4.14. The monoisotopic (exact) mass is 260 g/mol. The van der Waals surface area contributed by atoms with Gasteiger partial charge in [-0.05, 0) is 37.6 Å². The van der Waals surface area contributed by atoms with Crippen molar-refractivity contribution in [3.63, 3.8) is 0 Å². The van der Waals surface area contributed by atoms with Gasteiger partial charge in [-0.25, -0.2) is 0 Å². The van der Waals surface area contributed by atoms with E-state index in [1.54, 1.807) is 26.0 Å². The molecule has 2 rings (SSSR count). The number of carbonyl (C=O) groups excluding carboxylic acids is 1. The van der Waals surface area contributed by atoms with Gasteiger partial charge in [-0.1, -0.05) is 0 Å². The van der Waals surface area contributed by atoms with Crippen molar-refractivity contribution >= 4 is 17.3 Å². The van der Waals surface area contributed by atoms with Gasteiger partial charge in [0.1, 0.15) is 0 Å². The van der Waals surface area contributed by atoms with E-state index < -0.39 is 10.8 Å². The molecule has 19 heavy (non-hydrogen) atoms. The number of rotatable bonds is 3. The second-order valence-corrected chi connectivity index (χ2v) is 4.14. The number of anilines is 1. The van der Waals surface area contributed by atoms with Gasteiger partial charge in [-0.3, -0.25) is 14.9 Å². The molecule has 0 spiro atoms. The Morgan fingerprint density at radius 3 is 2.63 bits per heavy atom. The molecule has 1 aromatic carbocycles. The zero-order chi connectivity index (χ0) is 14.0. The van der Waals surface area contributed by atoms with E-state index in [0.29, 0.717) is 11.3 Å². The van der Waals surface area contributed by atoms with Gasteiger partial charge in [0.15, 0.2) is 5.76 Å². The molecule has 2 aromatic rings. The molecule has 0 aliphatic heterocycles. The summed E-state index contributed by atoms with van der Waals surface area (Å²) in [5, 5.41) is 13.5. The van der Waals surface area contributed by atoms with Crippen LogP contribution >= 0.6 is 0 Å². The van der Waals surface area contributed by atoms with Gasteiger partial charge in [0.2, 0.25) is 0 Å². The van der Waals surface area contributed by atoms with E-state index in [-0.39, 0.29) is 11.4 Å². The first kappa shape index (κ1) is 12.8. The standard InChI is InChI=1S/C13H12N2O4/c1-8-6-9(2)11(15(17)18)7-10(8)14-13(16)12-4-3-5-19-12/h3-7H,1-2H3,(H,14,16). The molecular formula is C13H12N2O4. The summed E-state index contributed by atoms with van der Waals surface area (Å²) in [6, 6.07) is 6.13. The SMILES string of the molecule is Cc1cc(C)c([N+](=O)[O-])cc1NC(=O)c1ccco1. The third-order valence-electron chi connectivity index (χ3n) is 2.73. The fourth-order valence-electron chi connectivity index (χ4n) is 1.76. The summed E-state index contributed by atoms with van der Waals surface area (Å²) in [6.45, 7) is 3.43. The second kappa shape index (κ2) is 4.93. The molecule has 1 N–H and O–H groups in total. The van der Waals surface area contributed by atoms with Crippen LogP contribution in [0.2, 0.25) is 0 Å². The van der Waals surface area contributed by atoms with Gasteiger partial charge in [0, 0.05) is 11.6 Å². The van der Waals surface area contributed by atoms with Gasteiger partial charge in [0.05, 0.1) is 16.9 Å². The molecule has 0 saturated heterocycles. The molecule has 0 aliphatic rings. The molecule has 0 unspecified atom stereocenters. The Balaban J connectivity index is 2.32. The molecule has 0 atom stereocenters. The molecule has 6 heteroatoms. The van der Waals surface area contributed by atoms with Crippen LogP contribution in [0.5, 0.6) is 0 Å². The predicted octanol–water partition coefficient (Wildman–Crippen LogP) is 3.06. The topological polar surface area (TPSA) is 85.4 Å². The lowest BCUT2D eigenvalue weighted by Crippen LogP contribution is -2.12. The van der Waals surface area contributed by atoms with E-state index in [0.717, 1.165) is 5.56 Å². The first-order chi connectivity index (χ1) is 8.99. The average molecular weight is 260 g/mol. The van der Waals surface area contributed by atoms with E-state index in [2.05, 4.69) is 5.32 Å². The molecule has 0 bridgehead atoms. The molecule has 1 aromatic heterocycles. The number of nitrogens with one attached hydrogen (secondary N) is 1. The summed E-state index contributed by atoms with van der Waals surface area (Å²) in [4.78, 5) is 22.2. The molecule has 0 fully saturated rings. The van der Waals surface area contributed by atoms with Crippen molar-refractivity contribution in [3.05, 3.63) is 57.5 Å². The third-order valence-corrected chi connectivity index (χ3v) is 2.73. The van der Waals surface area contributed by atoms with E-state index in [4.69, 9.17) is 4.42 Å². The number of benzene rings is 1. The Bertz CT molecular complexity index is 632. The van der Waals surface area contributed by atoms with E-state index in [9.17, 15) is 14.9 Å². The molecular weight excluding hydrogens is 248 g/mol. The molecule has 1 amide bonds. The Kier molecular flexibility index (Phi) is 3.33. The highest BCUT2D eigenvalue weighted by Crippen LogP contribution is 2.26. The van der Waals surface area contributed by atoms with Gasteiger partial charge in [-0.2, -0.15) is 0 Å². The zero-order valence-electron chi connectivity index (χ0n) is 10.5. The van der Waals surface area contributed by atoms with E-state index >= 15 is 0 Å². The van der Waals surface area contributed by atoms with Crippen LogP contribution in [-0.4, -0.2) is 10.8 Å². The molecule has 0 aliphatic carbocycles. The predicted molar refractivity (Wildman–Crippen MR) is 69.2 cm³/mol. The van der Waals surface area contributed by atoms with Crippen LogP contribution in [0.4, 0.5) is 11.4 Å². The highest BCUT2D eigenvalue weighted by atomic mass is 16.6. The maximum absolute atomic E-state index is 11.8. The number of nitrogens with zero attached hydrogens (tertiary/aromatic N) is 1. The highest BCUT2D eigenvalue weighted by Gasteiger charge is 2.16. The lowest BCUT2D eigenvalue weighted by atomic mass is 10.1.